The summed E-state index contributed by atoms with van der Waals surface area (Å²) in [5, 5.41) is 2.73. The number of carbonyl (C=O) groups excluding carboxylic acids is 1. The molecule has 0 aliphatic carbocycles. The Hall–Kier alpha value is -1.53. The van der Waals surface area contributed by atoms with E-state index in [1.54, 1.807) is 12.1 Å². The third-order valence-electron chi connectivity index (χ3n) is 2.73. The molecule has 0 radical (unpaired) electrons. The first-order valence-corrected chi connectivity index (χ1v) is 7.78. The van der Waals surface area contributed by atoms with Crippen LogP contribution in [0.1, 0.15) is 5.56 Å². The summed E-state index contributed by atoms with van der Waals surface area (Å²) < 4.78 is 7.18. The van der Waals surface area contributed by atoms with Gasteiger partial charge in [-0.25, -0.2) is 0 Å². The fraction of sp³-hybridized carbons (Fsp3) is 0.133. The summed E-state index contributed by atoms with van der Waals surface area (Å²) in [5.74, 6) is 0.339. The van der Waals surface area contributed by atoms with E-state index in [1.165, 1.54) is 0 Å². The number of anilines is 2. The van der Waals surface area contributed by atoms with Crippen molar-refractivity contribution in [2.45, 2.75) is 6.92 Å². The molecule has 4 nitrogen and oxygen atoms in total. The zero-order chi connectivity index (χ0) is 15.4. The van der Waals surface area contributed by atoms with Crippen LogP contribution >= 0.6 is 31.9 Å². The van der Waals surface area contributed by atoms with Crippen LogP contribution in [0.3, 0.4) is 0 Å². The maximum Gasteiger partial charge on any atom is 0.262 e. The molecule has 0 unspecified atom stereocenters. The van der Waals surface area contributed by atoms with Crippen LogP contribution in [-0.2, 0) is 4.79 Å². The van der Waals surface area contributed by atoms with E-state index in [1.807, 2.05) is 31.2 Å². The van der Waals surface area contributed by atoms with E-state index in [2.05, 4.69) is 37.2 Å². The quantitative estimate of drug-likeness (QED) is 0.741. The molecule has 2 aromatic rings. The highest BCUT2D eigenvalue weighted by Gasteiger charge is 2.08. The molecule has 0 spiro atoms. The molecule has 0 bridgehead atoms. The number of rotatable bonds is 4. The van der Waals surface area contributed by atoms with E-state index in [9.17, 15) is 4.79 Å². The SMILES string of the molecule is Cc1ccc(NC(=O)COc2ccc(Br)cc2Br)c(N)c1. The highest BCUT2D eigenvalue weighted by Crippen LogP contribution is 2.28. The monoisotopic (exact) mass is 412 g/mol. The average molecular weight is 414 g/mol. The molecule has 0 atom stereocenters. The third-order valence-corrected chi connectivity index (χ3v) is 3.85. The number of aryl methyl sites for hydroxylation is 1. The molecule has 0 saturated carbocycles. The summed E-state index contributed by atoms with van der Waals surface area (Å²) in [5.41, 5.74) is 8.01. The van der Waals surface area contributed by atoms with Crippen LogP contribution in [0.2, 0.25) is 0 Å². The second kappa shape index (κ2) is 6.95. The third kappa shape index (κ3) is 4.47. The second-order valence-corrected chi connectivity index (χ2v) is 6.27. The predicted octanol–water partition coefficient (Wildman–Crippen LogP) is 4.12. The predicted molar refractivity (Wildman–Crippen MR) is 91.6 cm³/mol. The summed E-state index contributed by atoms with van der Waals surface area (Å²) in [6.45, 7) is 1.85. The minimum atomic E-state index is -0.264. The van der Waals surface area contributed by atoms with Crippen molar-refractivity contribution in [1.82, 2.24) is 0 Å². The lowest BCUT2D eigenvalue weighted by molar-refractivity contribution is -0.118. The Morgan fingerprint density at radius 2 is 2.00 bits per heavy atom. The highest BCUT2D eigenvalue weighted by atomic mass is 79.9. The molecule has 0 saturated heterocycles. The van der Waals surface area contributed by atoms with E-state index in [0.717, 1.165) is 14.5 Å². The number of hydrogen-bond acceptors (Lipinski definition) is 3. The van der Waals surface area contributed by atoms with Crippen molar-refractivity contribution in [3.05, 3.63) is 50.9 Å². The van der Waals surface area contributed by atoms with Crippen LogP contribution in [-0.4, -0.2) is 12.5 Å². The van der Waals surface area contributed by atoms with Gasteiger partial charge in [0.05, 0.1) is 15.8 Å². The van der Waals surface area contributed by atoms with Gasteiger partial charge in [-0.05, 0) is 58.7 Å². The lowest BCUT2D eigenvalue weighted by Crippen LogP contribution is -2.20. The Bertz CT molecular complexity index is 675. The molecule has 2 aromatic carbocycles. The highest BCUT2D eigenvalue weighted by molar-refractivity contribution is 9.11. The van der Waals surface area contributed by atoms with Crippen molar-refractivity contribution >= 4 is 49.1 Å². The van der Waals surface area contributed by atoms with Crippen molar-refractivity contribution in [1.29, 1.82) is 0 Å². The first-order chi connectivity index (χ1) is 9.95. The fourth-order valence-electron chi connectivity index (χ4n) is 1.72. The van der Waals surface area contributed by atoms with Gasteiger partial charge in [0.1, 0.15) is 5.75 Å². The van der Waals surface area contributed by atoms with E-state index < -0.39 is 0 Å². The molecule has 6 heteroatoms. The van der Waals surface area contributed by atoms with Gasteiger partial charge in [-0.1, -0.05) is 22.0 Å². The Morgan fingerprint density at radius 3 is 2.67 bits per heavy atom. The zero-order valence-corrected chi connectivity index (χ0v) is 14.5. The normalized spacial score (nSPS) is 10.2. The number of halogens is 2. The number of benzene rings is 2. The number of ether oxygens (including phenoxy) is 1. The lowest BCUT2D eigenvalue weighted by Gasteiger charge is -2.11. The Morgan fingerprint density at radius 1 is 1.24 bits per heavy atom. The van der Waals surface area contributed by atoms with Crippen LogP contribution in [0.25, 0.3) is 0 Å². The van der Waals surface area contributed by atoms with Crippen molar-refractivity contribution in [3.8, 4) is 5.75 Å². The first-order valence-electron chi connectivity index (χ1n) is 6.19. The summed E-state index contributed by atoms with van der Waals surface area (Å²) in [6, 6.07) is 10.9. The summed E-state index contributed by atoms with van der Waals surface area (Å²) >= 11 is 6.73. The molecule has 21 heavy (non-hydrogen) atoms. The van der Waals surface area contributed by atoms with E-state index >= 15 is 0 Å². The number of nitrogen functional groups attached to an aromatic ring is 1. The van der Waals surface area contributed by atoms with Gasteiger partial charge in [0, 0.05) is 4.47 Å². The van der Waals surface area contributed by atoms with Gasteiger partial charge in [0.25, 0.3) is 5.91 Å². The second-order valence-electron chi connectivity index (χ2n) is 4.50. The average Bonchev–Trinajstić information content (AvgIpc) is 2.41. The molecule has 0 aliphatic rings. The summed E-state index contributed by atoms with van der Waals surface area (Å²) in [6.07, 6.45) is 0. The molecule has 1 amide bonds. The topological polar surface area (TPSA) is 64.3 Å². The van der Waals surface area contributed by atoms with E-state index in [-0.39, 0.29) is 12.5 Å². The number of nitrogens with one attached hydrogen (secondary N) is 1. The number of amides is 1. The summed E-state index contributed by atoms with van der Waals surface area (Å²) in [7, 11) is 0. The minimum absolute atomic E-state index is 0.0897. The molecule has 0 aliphatic heterocycles. The van der Waals surface area contributed by atoms with Crippen LogP contribution in [0, 0.1) is 6.92 Å². The zero-order valence-electron chi connectivity index (χ0n) is 11.3. The Balaban J connectivity index is 1.96. The summed E-state index contributed by atoms with van der Waals surface area (Å²) in [4.78, 5) is 11.9. The standard InChI is InChI=1S/C15H14Br2N2O2/c1-9-2-4-13(12(18)6-9)19-15(20)8-21-14-5-3-10(16)7-11(14)17/h2-7H,8,18H2,1H3,(H,19,20). The first kappa shape index (κ1) is 15.9. The van der Waals surface area contributed by atoms with E-state index in [4.69, 9.17) is 10.5 Å². The Labute approximate surface area is 139 Å². The lowest BCUT2D eigenvalue weighted by atomic mass is 10.2. The van der Waals surface area contributed by atoms with Crippen LogP contribution in [0.4, 0.5) is 11.4 Å². The molecular weight excluding hydrogens is 400 g/mol. The van der Waals surface area contributed by atoms with Crippen LogP contribution < -0.4 is 15.8 Å². The van der Waals surface area contributed by atoms with Gasteiger partial charge in [-0.3, -0.25) is 4.79 Å². The molecule has 110 valence electrons. The number of carbonyl (C=O) groups is 1. The maximum atomic E-state index is 11.9. The van der Waals surface area contributed by atoms with E-state index in [0.29, 0.717) is 17.1 Å². The molecule has 0 fully saturated rings. The molecule has 2 rings (SSSR count). The van der Waals surface area contributed by atoms with Gasteiger partial charge in [0.15, 0.2) is 6.61 Å². The van der Waals surface area contributed by atoms with Crippen molar-refractivity contribution in [2.75, 3.05) is 17.7 Å². The fourth-order valence-corrected chi connectivity index (χ4v) is 2.88. The van der Waals surface area contributed by atoms with Gasteiger partial charge in [0.2, 0.25) is 0 Å². The molecule has 0 aromatic heterocycles. The Kier molecular flexibility index (Phi) is 5.25. The molecule has 0 heterocycles. The van der Waals surface area contributed by atoms with Gasteiger partial charge in [-0.15, -0.1) is 0 Å². The largest absolute Gasteiger partial charge is 0.483 e. The van der Waals surface area contributed by atoms with Gasteiger partial charge >= 0.3 is 0 Å². The van der Waals surface area contributed by atoms with Crippen LogP contribution in [0.5, 0.6) is 5.75 Å². The van der Waals surface area contributed by atoms with Gasteiger partial charge < -0.3 is 15.8 Å². The number of nitrogens with two attached hydrogens (primary N) is 1. The molecule has 3 N–H and O–H groups in total. The maximum absolute atomic E-state index is 11.9. The van der Waals surface area contributed by atoms with Crippen LogP contribution in [0.15, 0.2) is 45.3 Å². The smallest absolute Gasteiger partial charge is 0.262 e. The van der Waals surface area contributed by atoms with Crippen molar-refractivity contribution in [2.24, 2.45) is 0 Å². The van der Waals surface area contributed by atoms with Crippen molar-refractivity contribution in [3.63, 3.8) is 0 Å². The van der Waals surface area contributed by atoms with Gasteiger partial charge in [-0.2, -0.15) is 0 Å². The minimum Gasteiger partial charge on any atom is -0.483 e. The van der Waals surface area contributed by atoms with Crippen molar-refractivity contribution < 1.29 is 9.53 Å². The molecular formula is C15H14Br2N2O2. The number of hydrogen-bond donors (Lipinski definition) is 2.